The number of amides is 1. The molecule has 0 bridgehead atoms. The van der Waals surface area contributed by atoms with Crippen molar-refractivity contribution in [2.75, 3.05) is 24.5 Å². The van der Waals surface area contributed by atoms with Gasteiger partial charge in [-0.25, -0.2) is 0 Å². The molecule has 0 saturated carbocycles. The Hall–Kier alpha value is -2.12. The number of hydrogen-bond donors (Lipinski definition) is 0. The Morgan fingerprint density at radius 3 is 2.62 bits per heavy atom. The van der Waals surface area contributed by atoms with Crippen molar-refractivity contribution in [1.82, 2.24) is 4.90 Å². The third-order valence-corrected chi connectivity index (χ3v) is 5.73. The maximum Gasteiger partial charge on any atom is 0.293 e. The number of halogens is 1. The summed E-state index contributed by atoms with van der Waals surface area (Å²) in [4.78, 5) is 28.6. The number of benzene rings is 1. The largest absolute Gasteiger partial charge is 0.366 e. The summed E-state index contributed by atoms with van der Waals surface area (Å²) >= 11 is 7.38. The molecule has 0 aliphatic carbocycles. The van der Waals surface area contributed by atoms with Gasteiger partial charge in [-0.1, -0.05) is 11.6 Å². The molecule has 1 aliphatic rings. The predicted molar refractivity (Wildman–Crippen MR) is 104 cm³/mol. The van der Waals surface area contributed by atoms with Crippen molar-refractivity contribution in [1.29, 1.82) is 0 Å². The van der Waals surface area contributed by atoms with Crippen LogP contribution in [-0.4, -0.2) is 35.4 Å². The molecule has 0 atom stereocenters. The number of hydrogen-bond acceptors (Lipinski definition) is 5. The van der Waals surface area contributed by atoms with Gasteiger partial charge in [0.15, 0.2) is 0 Å². The Kier molecular flexibility index (Phi) is 5.78. The van der Waals surface area contributed by atoms with Gasteiger partial charge in [-0.05, 0) is 44.0 Å². The van der Waals surface area contributed by atoms with Gasteiger partial charge in [-0.3, -0.25) is 14.9 Å². The zero-order valence-electron chi connectivity index (χ0n) is 14.5. The van der Waals surface area contributed by atoms with Gasteiger partial charge < -0.3 is 9.80 Å². The lowest BCUT2D eigenvalue weighted by molar-refractivity contribution is -0.384. The second kappa shape index (κ2) is 8.05. The molecule has 1 saturated heterocycles. The van der Waals surface area contributed by atoms with Crippen molar-refractivity contribution < 1.29 is 9.72 Å². The molecule has 1 aromatic heterocycles. The number of nitro benzene ring substituents is 1. The summed E-state index contributed by atoms with van der Waals surface area (Å²) < 4.78 is 0.675. The number of carbonyl (C=O) groups excluding carboxylic acids is 1. The lowest BCUT2D eigenvalue weighted by Gasteiger charge is -2.21. The summed E-state index contributed by atoms with van der Waals surface area (Å²) in [5.41, 5.74) is 0.925. The van der Waals surface area contributed by atoms with Crippen LogP contribution in [0.5, 0.6) is 0 Å². The summed E-state index contributed by atoms with van der Waals surface area (Å²) in [5.74, 6) is -0.215. The second-order valence-corrected chi connectivity index (χ2v) is 7.98. The number of anilines is 1. The van der Waals surface area contributed by atoms with Crippen molar-refractivity contribution in [3.8, 4) is 0 Å². The molecule has 0 N–H and O–H groups in total. The minimum Gasteiger partial charge on any atom is -0.366 e. The maximum absolute atomic E-state index is 12.9. The molecular formula is C18H20ClN3O3S. The number of nitrogens with zero attached hydrogens (tertiary/aromatic N) is 3. The highest BCUT2D eigenvalue weighted by atomic mass is 35.5. The van der Waals surface area contributed by atoms with E-state index < -0.39 is 4.92 Å². The van der Waals surface area contributed by atoms with E-state index >= 15 is 0 Å². The zero-order valence-corrected chi connectivity index (χ0v) is 16.1. The summed E-state index contributed by atoms with van der Waals surface area (Å²) in [5, 5.41) is 11.5. The topological polar surface area (TPSA) is 66.7 Å². The van der Waals surface area contributed by atoms with E-state index in [1.165, 1.54) is 17.4 Å². The minimum absolute atomic E-state index is 0.00651. The fourth-order valence-electron chi connectivity index (χ4n) is 3.16. The number of carbonyl (C=O) groups is 1. The average molecular weight is 394 g/mol. The molecule has 1 fully saturated rings. The Morgan fingerprint density at radius 2 is 2.04 bits per heavy atom. The molecule has 6 nitrogen and oxygen atoms in total. The van der Waals surface area contributed by atoms with Crippen molar-refractivity contribution in [2.45, 2.75) is 26.3 Å². The lowest BCUT2D eigenvalue weighted by Crippen LogP contribution is -2.30. The molecule has 8 heteroatoms. The van der Waals surface area contributed by atoms with Crippen LogP contribution in [-0.2, 0) is 6.54 Å². The van der Waals surface area contributed by atoms with E-state index in [-0.39, 0.29) is 11.6 Å². The van der Waals surface area contributed by atoms with E-state index in [9.17, 15) is 14.9 Å². The van der Waals surface area contributed by atoms with Crippen LogP contribution in [0.3, 0.4) is 0 Å². The monoisotopic (exact) mass is 393 g/mol. The van der Waals surface area contributed by atoms with Gasteiger partial charge in [0.05, 0.1) is 15.8 Å². The van der Waals surface area contributed by atoms with Gasteiger partial charge in [-0.15, -0.1) is 11.3 Å². The summed E-state index contributed by atoms with van der Waals surface area (Å²) in [6.07, 6.45) is 2.07. The number of nitro groups is 1. The minimum atomic E-state index is -0.403. The third-order valence-electron chi connectivity index (χ3n) is 4.51. The van der Waals surface area contributed by atoms with Crippen LogP contribution in [0.2, 0.25) is 4.34 Å². The van der Waals surface area contributed by atoms with Crippen LogP contribution >= 0.6 is 22.9 Å². The molecule has 2 heterocycles. The molecule has 3 rings (SSSR count). The van der Waals surface area contributed by atoms with E-state index in [2.05, 4.69) is 0 Å². The first kappa shape index (κ1) is 18.7. The van der Waals surface area contributed by atoms with Gasteiger partial charge >= 0.3 is 0 Å². The molecular weight excluding hydrogens is 374 g/mol. The standard InChI is InChI=1S/C18H20ClN3O3S/c1-2-20(12-14-6-8-17(19)26-14)18(23)13-5-7-15(16(11-13)22(24)25)21-9-3-4-10-21/h5-8,11H,2-4,9-10,12H2,1H3. The highest BCUT2D eigenvalue weighted by Crippen LogP contribution is 2.32. The molecule has 0 unspecified atom stereocenters. The van der Waals surface area contributed by atoms with Crippen molar-refractivity contribution in [3.05, 3.63) is 55.2 Å². The first-order chi connectivity index (χ1) is 12.5. The average Bonchev–Trinajstić information content (AvgIpc) is 3.30. The first-order valence-electron chi connectivity index (χ1n) is 8.56. The second-order valence-electron chi connectivity index (χ2n) is 6.18. The molecule has 2 aromatic rings. The van der Waals surface area contributed by atoms with E-state index in [4.69, 9.17) is 11.6 Å². The Morgan fingerprint density at radius 1 is 1.31 bits per heavy atom. The smallest absolute Gasteiger partial charge is 0.293 e. The SMILES string of the molecule is CCN(Cc1ccc(Cl)s1)C(=O)c1ccc(N2CCCC2)c([N+](=O)[O-])c1. The molecule has 0 spiro atoms. The number of rotatable bonds is 6. The summed E-state index contributed by atoms with van der Waals surface area (Å²) in [6, 6.07) is 8.48. The van der Waals surface area contributed by atoms with E-state index in [0.29, 0.717) is 28.7 Å². The third kappa shape index (κ3) is 3.99. The Labute approximate surface area is 161 Å². The molecule has 0 radical (unpaired) electrons. The van der Waals surface area contributed by atoms with Gasteiger partial charge in [0.2, 0.25) is 0 Å². The molecule has 1 aliphatic heterocycles. The predicted octanol–water partition coefficient (Wildman–Crippen LogP) is 4.57. The highest BCUT2D eigenvalue weighted by Gasteiger charge is 2.25. The highest BCUT2D eigenvalue weighted by molar-refractivity contribution is 7.16. The Bertz CT molecular complexity index is 818. The van der Waals surface area contributed by atoms with E-state index in [1.54, 1.807) is 23.1 Å². The Balaban J connectivity index is 1.85. The molecule has 1 aromatic carbocycles. The van der Waals surface area contributed by atoms with Crippen molar-refractivity contribution in [2.24, 2.45) is 0 Å². The quantitative estimate of drug-likeness (QED) is 0.532. The van der Waals surface area contributed by atoms with Crippen LogP contribution in [0.25, 0.3) is 0 Å². The maximum atomic E-state index is 12.9. The summed E-state index contributed by atoms with van der Waals surface area (Å²) in [6.45, 7) is 4.47. The van der Waals surface area contributed by atoms with Crippen LogP contribution in [0.4, 0.5) is 11.4 Å². The number of thiophene rings is 1. The van der Waals surface area contributed by atoms with Crippen molar-refractivity contribution >= 4 is 40.2 Å². The molecule has 138 valence electrons. The van der Waals surface area contributed by atoms with E-state index in [0.717, 1.165) is 30.8 Å². The normalized spacial score (nSPS) is 13.8. The summed E-state index contributed by atoms with van der Waals surface area (Å²) in [7, 11) is 0. The fourth-order valence-corrected chi connectivity index (χ4v) is 4.27. The zero-order chi connectivity index (χ0) is 18.7. The molecule has 26 heavy (non-hydrogen) atoms. The fraction of sp³-hybridized carbons (Fsp3) is 0.389. The van der Waals surface area contributed by atoms with Crippen LogP contribution in [0.15, 0.2) is 30.3 Å². The van der Waals surface area contributed by atoms with Gasteiger partial charge in [0.1, 0.15) is 5.69 Å². The lowest BCUT2D eigenvalue weighted by atomic mass is 10.1. The van der Waals surface area contributed by atoms with Crippen molar-refractivity contribution in [3.63, 3.8) is 0 Å². The van der Waals surface area contributed by atoms with Gasteiger partial charge in [0.25, 0.3) is 11.6 Å². The van der Waals surface area contributed by atoms with Crippen LogP contribution in [0.1, 0.15) is 35.0 Å². The van der Waals surface area contributed by atoms with Crippen LogP contribution < -0.4 is 4.90 Å². The van der Waals surface area contributed by atoms with Gasteiger partial charge in [-0.2, -0.15) is 0 Å². The van der Waals surface area contributed by atoms with E-state index in [1.807, 2.05) is 17.9 Å². The van der Waals surface area contributed by atoms with Crippen LogP contribution in [0, 0.1) is 10.1 Å². The molecule has 1 amide bonds. The van der Waals surface area contributed by atoms with Gasteiger partial charge in [0, 0.05) is 36.1 Å². The first-order valence-corrected chi connectivity index (χ1v) is 9.76.